The number of rotatable bonds is 5. The van der Waals surface area contributed by atoms with Gasteiger partial charge in [-0.05, 0) is 24.6 Å². The van der Waals surface area contributed by atoms with E-state index in [0.29, 0.717) is 12.2 Å². The van der Waals surface area contributed by atoms with Gasteiger partial charge in [0.15, 0.2) is 0 Å². The van der Waals surface area contributed by atoms with Crippen molar-refractivity contribution in [2.24, 2.45) is 5.92 Å². The van der Waals surface area contributed by atoms with Crippen LogP contribution >= 0.6 is 0 Å². The first-order valence-corrected chi connectivity index (χ1v) is 6.60. The fraction of sp³-hybridized carbons (Fsp3) is 0.571. The third kappa shape index (κ3) is 2.82. The highest BCUT2D eigenvalue weighted by molar-refractivity contribution is 5.55. The molecular formula is C14H21FN2O. The lowest BCUT2D eigenvalue weighted by atomic mass is 10.1. The SMILES string of the molecule is CCNCc1cccc(F)c1N1CCC(CO)C1. The Bertz CT molecular complexity index is 397. The highest BCUT2D eigenvalue weighted by atomic mass is 19.1. The summed E-state index contributed by atoms with van der Waals surface area (Å²) in [6, 6.07) is 5.23. The summed E-state index contributed by atoms with van der Waals surface area (Å²) in [6.07, 6.45) is 0.936. The van der Waals surface area contributed by atoms with Crippen molar-refractivity contribution in [1.82, 2.24) is 5.32 Å². The Kier molecular flexibility index (Phi) is 4.55. The maximum atomic E-state index is 14.0. The molecule has 0 aromatic heterocycles. The molecule has 0 radical (unpaired) electrons. The molecule has 2 N–H and O–H groups in total. The Balaban J connectivity index is 2.20. The van der Waals surface area contributed by atoms with Crippen LogP contribution < -0.4 is 10.2 Å². The van der Waals surface area contributed by atoms with E-state index in [1.807, 2.05) is 13.0 Å². The highest BCUT2D eigenvalue weighted by Gasteiger charge is 2.25. The maximum absolute atomic E-state index is 14.0. The molecule has 1 heterocycles. The van der Waals surface area contributed by atoms with E-state index in [9.17, 15) is 9.50 Å². The molecular weight excluding hydrogens is 231 g/mol. The molecule has 1 fully saturated rings. The number of anilines is 1. The van der Waals surface area contributed by atoms with E-state index >= 15 is 0 Å². The average molecular weight is 252 g/mol. The van der Waals surface area contributed by atoms with Crippen LogP contribution in [0.2, 0.25) is 0 Å². The normalized spacial score (nSPS) is 19.5. The number of hydrogen-bond donors (Lipinski definition) is 2. The quantitative estimate of drug-likeness (QED) is 0.838. The second-order valence-electron chi connectivity index (χ2n) is 4.81. The van der Waals surface area contributed by atoms with Gasteiger partial charge < -0.3 is 15.3 Å². The topological polar surface area (TPSA) is 35.5 Å². The minimum atomic E-state index is -0.163. The standard InChI is InChI=1S/C14H21FN2O/c1-2-16-8-12-4-3-5-13(15)14(12)17-7-6-11(9-17)10-18/h3-5,11,16,18H,2,6-10H2,1H3. The van der Waals surface area contributed by atoms with Gasteiger partial charge in [-0.3, -0.25) is 0 Å². The Morgan fingerprint density at radius 1 is 1.50 bits per heavy atom. The van der Waals surface area contributed by atoms with Crippen LogP contribution in [0.25, 0.3) is 0 Å². The highest BCUT2D eigenvalue weighted by Crippen LogP contribution is 2.29. The van der Waals surface area contributed by atoms with Crippen molar-refractivity contribution in [2.75, 3.05) is 31.1 Å². The van der Waals surface area contributed by atoms with Gasteiger partial charge in [-0.25, -0.2) is 4.39 Å². The van der Waals surface area contributed by atoms with Gasteiger partial charge in [0.05, 0.1) is 5.69 Å². The van der Waals surface area contributed by atoms with Gasteiger partial charge in [-0.15, -0.1) is 0 Å². The zero-order chi connectivity index (χ0) is 13.0. The lowest BCUT2D eigenvalue weighted by Crippen LogP contribution is -2.24. The third-order valence-corrected chi connectivity index (χ3v) is 3.50. The first kappa shape index (κ1) is 13.3. The van der Waals surface area contributed by atoms with Crippen LogP contribution in [0.15, 0.2) is 18.2 Å². The number of benzene rings is 1. The first-order chi connectivity index (χ1) is 8.76. The van der Waals surface area contributed by atoms with Crippen molar-refractivity contribution < 1.29 is 9.50 Å². The Morgan fingerprint density at radius 2 is 2.33 bits per heavy atom. The number of nitrogens with one attached hydrogen (secondary N) is 1. The van der Waals surface area contributed by atoms with Crippen molar-refractivity contribution in [1.29, 1.82) is 0 Å². The van der Waals surface area contributed by atoms with Gasteiger partial charge in [0, 0.05) is 32.2 Å². The molecule has 1 aromatic rings. The second kappa shape index (κ2) is 6.16. The van der Waals surface area contributed by atoms with Gasteiger partial charge in [-0.2, -0.15) is 0 Å². The minimum Gasteiger partial charge on any atom is -0.396 e. The second-order valence-corrected chi connectivity index (χ2v) is 4.81. The molecule has 100 valence electrons. The van der Waals surface area contributed by atoms with Gasteiger partial charge in [-0.1, -0.05) is 19.1 Å². The van der Waals surface area contributed by atoms with Crippen molar-refractivity contribution in [2.45, 2.75) is 19.9 Å². The fourth-order valence-electron chi connectivity index (χ4n) is 2.50. The zero-order valence-electron chi connectivity index (χ0n) is 10.8. The predicted molar refractivity (Wildman–Crippen MR) is 71.2 cm³/mol. The first-order valence-electron chi connectivity index (χ1n) is 6.60. The van der Waals surface area contributed by atoms with Gasteiger partial charge in [0.25, 0.3) is 0 Å². The molecule has 1 saturated heterocycles. The van der Waals surface area contributed by atoms with E-state index < -0.39 is 0 Å². The van der Waals surface area contributed by atoms with E-state index in [0.717, 1.165) is 31.6 Å². The van der Waals surface area contributed by atoms with Gasteiger partial charge >= 0.3 is 0 Å². The summed E-state index contributed by atoms with van der Waals surface area (Å²) < 4.78 is 14.0. The van der Waals surface area contributed by atoms with E-state index in [4.69, 9.17) is 0 Å². The molecule has 18 heavy (non-hydrogen) atoms. The molecule has 4 heteroatoms. The van der Waals surface area contributed by atoms with Gasteiger partial charge in [0.2, 0.25) is 0 Å². The summed E-state index contributed by atoms with van der Waals surface area (Å²) in [4.78, 5) is 2.06. The van der Waals surface area contributed by atoms with E-state index in [-0.39, 0.29) is 18.3 Å². The van der Waals surface area contributed by atoms with Crippen LogP contribution in [0, 0.1) is 11.7 Å². The lowest BCUT2D eigenvalue weighted by Gasteiger charge is -2.22. The molecule has 1 aliphatic rings. The maximum Gasteiger partial charge on any atom is 0.146 e. The van der Waals surface area contributed by atoms with Crippen LogP contribution in [-0.4, -0.2) is 31.3 Å². The largest absolute Gasteiger partial charge is 0.396 e. The van der Waals surface area contributed by atoms with Crippen molar-refractivity contribution >= 4 is 5.69 Å². The van der Waals surface area contributed by atoms with Crippen LogP contribution in [0.1, 0.15) is 18.9 Å². The fourth-order valence-corrected chi connectivity index (χ4v) is 2.50. The molecule has 0 spiro atoms. The van der Waals surface area contributed by atoms with E-state index in [1.54, 1.807) is 6.07 Å². The van der Waals surface area contributed by atoms with E-state index in [2.05, 4.69) is 10.2 Å². The Hall–Kier alpha value is -1.13. The smallest absolute Gasteiger partial charge is 0.146 e. The molecule has 1 atom stereocenters. The average Bonchev–Trinajstić information content (AvgIpc) is 2.84. The molecule has 0 bridgehead atoms. The van der Waals surface area contributed by atoms with E-state index in [1.165, 1.54) is 6.07 Å². The molecule has 1 aliphatic heterocycles. The predicted octanol–water partition coefficient (Wildman–Crippen LogP) is 1.75. The number of para-hydroxylation sites is 1. The summed E-state index contributed by atoms with van der Waals surface area (Å²) in [7, 11) is 0. The summed E-state index contributed by atoms with van der Waals surface area (Å²) >= 11 is 0. The Labute approximate surface area is 108 Å². The molecule has 3 nitrogen and oxygen atoms in total. The van der Waals surface area contributed by atoms with Crippen LogP contribution in [0.4, 0.5) is 10.1 Å². The van der Waals surface area contributed by atoms with Crippen molar-refractivity contribution in [3.8, 4) is 0 Å². The van der Waals surface area contributed by atoms with Crippen LogP contribution in [0.3, 0.4) is 0 Å². The zero-order valence-corrected chi connectivity index (χ0v) is 10.8. The molecule has 1 unspecified atom stereocenters. The van der Waals surface area contributed by atoms with Crippen molar-refractivity contribution in [3.63, 3.8) is 0 Å². The summed E-state index contributed by atoms with van der Waals surface area (Å²) in [5.41, 5.74) is 1.70. The summed E-state index contributed by atoms with van der Waals surface area (Å²) in [5, 5.41) is 12.4. The Morgan fingerprint density at radius 3 is 3.00 bits per heavy atom. The number of aliphatic hydroxyl groups is 1. The third-order valence-electron chi connectivity index (χ3n) is 3.50. The molecule has 2 rings (SSSR count). The number of nitrogens with zero attached hydrogens (tertiary/aromatic N) is 1. The summed E-state index contributed by atoms with van der Waals surface area (Å²) in [6.45, 7) is 5.35. The van der Waals surface area contributed by atoms with Crippen molar-refractivity contribution in [3.05, 3.63) is 29.6 Å². The minimum absolute atomic E-state index is 0.163. The molecule has 0 amide bonds. The number of hydrogen-bond acceptors (Lipinski definition) is 3. The molecule has 0 aliphatic carbocycles. The lowest BCUT2D eigenvalue weighted by molar-refractivity contribution is 0.238. The van der Waals surface area contributed by atoms with Crippen LogP contribution in [-0.2, 0) is 6.54 Å². The van der Waals surface area contributed by atoms with Gasteiger partial charge in [0.1, 0.15) is 5.82 Å². The monoisotopic (exact) mass is 252 g/mol. The summed E-state index contributed by atoms with van der Waals surface area (Å²) in [5.74, 6) is 0.112. The van der Waals surface area contributed by atoms with Crippen LogP contribution in [0.5, 0.6) is 0 Å². The number of aliphatic hydroxyl groups excluding tert-OH is 1. The molecule has 1 aromatic carbocycles. The number of halogens is 1. The molecule has 0 saturated carbocycles.